The fourth-order valence-corrected chi connectivity index (χ4v) is 2.47. The van der Waals surface area contributed by atoms with E-state index >= 15 is 0 Å². The largest absolute Gasteiger partial charge is 0.416 e. The van der Waals surface area contributed by atoms with Crippen LogP contribution in [0.3, 0.4) is 0 Å². The summed E-state index contributed by atoms with van der Waals surface area (Å²) in [6.07, 6.45) is 2.05. The van der Waals surface area contributed by atoms with Crippen molar-refractivity contribution in [2.75, 3.05) is 0 Å². The highest BCUT2D eigenvalue weighted by Gasteiger charge is 2.30. The van der Waals surface area contributed by atoms with Crippen LogP contribution in [-0.4, -0.2) is 5.91 Å². The van der Waals surface area contributed by atoms with Crippen LogP contribution in [0.1, 0.15) is 43.4 Å². The molecule has 2 atom stereocenters. The summed E-state index contributed by atoms with van der Waals surface area (Å²) >= 11 is 0. The Morgan fingerprint density at radius 3 is 2.81 bits per heavy atom. The minimum absolute atomic E-state index is 0.128. The number of alkyl halides is 3. The summed E-state index contributed by atoms with van der Waals surface area (Å²) in [6.45, 7) is 1.69. The van der Waals surface area contributed by atoms with Gasteiger partial charge < -0.3 is 5.32 Å². The summed E-state index contributed by atoms with van der Waals surface area (Å²) < 4.78 is 38.0. The molecule has 0 saturated heterocycles. The lowest BCUT2D eigenvalue weighted by Gasteiger charge is -2.17. The average Bonchev–Trinajstić information content (AvgIpc) is 2.90. The van der Waals surface area contributed by atoms with Crippen molar-refractivity contribution in [3.63, 3.8) is 0 Å². The van der Waals surface area contributed by atoms with Gasteiger partial charge in [-0.1, -0.05) is 24.3 Å². The first kappa shape index (κ1) is 15.6. The quantitative estimate of drug-likeness (QED) is 0.828. The molecule has 2 rings (SSSR count). The van der Waals surface area contributed by atoms with Crippen molar-refractivity contribution in [3.05, 3.63) is 47.5 Å². The number of rotatable bonds is 4. The van der Waals surface area contributed by atoms with Gasteiger partial charge in [0.1, 0.15) is 0 Å². The molecule has 0 unspecified atom stereocenters. The van der Waals surface area contributed by atoms with Crippen molar-refractivity contribution >= 4 is 5.91 Å². The summed E-state index contributed by atoms with van der Waals surface area (Å²) in [6, 6.07) is 4.63. The van der Waals surface area contributed by atoms with Gasteiger partial charge in [-0.25, -0.2) is 0 Å². The van der Waals surface area contributed by atoms with Gasteiger partial charge in [-0.05, 0) is 43.4 Å². The van der Waals surface area contributed by atoms with Crippen LogP contribution in [0.4, 0.5) is 13.2 Å². The van der Waals surface area contributed by atoms with Crippen LogP contribution in [0.15, 0.2) is 36.4 Å². The Morgan fingerprint density at radius 2 is 2.19 bits per heavy atom. The minimum Gasteiger partial charge on any atom is -0.350 e. The second kappa shape index (κ2) is 6.33. The predicted octanol–water partition coefficient (Wildman–Crippen LogP) is 4.24. The number of carbonyl (C=O) groups is 1. The van der Waals surface area contributed by atoms with Crippen molar-refractivity contribution < 1.29 is 18.0 Å². The average molecular weight is 297 g/mol. The molecule has 1 aliphatic carbocycles. The third kappa shape index (κ3) is 4.34. The van der Waals surface area contributed by atoms with E-state index < -0.39 is 17.8 Å². The normalized spacial score (nSPS) is 19.5. The van der Waals surface area contributed by atoms with Gasteiger partial charge in [0.2, 0.25) is 5.91 Å². The number of benzene rings is 1. The number of hydrogen-bond donors (Lipinski definition) is 1. The Labute approximate surface area is 122 Å². The Hall–Kier alpha value is -1.78. The van der Waals surface area contributed by atoms with Gasteiger partial charge in [-0.15, -0.1) is 0 Å². The number of halogens is 3. The molecule has 1 N–H and O–H groups in total. The van der Waals surface area contributed by atoms with Crippen LogP contribution < -0.4 is 5.32 Å². The van der Waals surface area contributed by atoms with E-state index in [-0.39, 0.29) is 11.8 Å². The van der Waals surface area contributed by atoms with Gasteiger partial charge in [0.25, 0.3) is 0 Å². The first-order valence-corrected chi connectivity index (χ1v) is 6.99. The van der Waals surface area contributed by atoms with Gasteiger partial charge >= 0.3 is 6.18 Å². The Bertz CT molecular complexity index is 537. The minimum atomic E-state index is -4.37. The van der Waals surface area contributed by atoms with Gasteiger partial charge in [-0.2, -0.15) is 13.2 Å². The molecule has 0 spiro atoms. The molecular weight excluding hydrogens is 279 g/mol. The maximum atomic E-state index is 12.7. The van der Waals surface area contributed by atoms with E-state index in [0.29, 0.717) is 12.0 Å². The third-order valence-electron chi connectivity index (χ3n) is 3.65. The highest BCUT2D eigenvalue weighted by molar-refractivity contribution is 5.77. The molecule has 1 aliphatic rings. The van der Waals surface area contributed by atoms with Crippen LogP contribution in [0.2, 0.25) is 0 Å². The summed E-state index contributed by atoms with van der Waals surface area (Å²) in [5.74, 6) is 0.121. The van der Waals surface area contributed by atoms with Crippen molar-refractivity contribution in [1.82, 2.24) is 5.32 Å². The summed E-state index contributed by atoms with van der Waals surface area (Å²) in [7, 11) is 0. The molecule has 1 aromatic carbocycles. The molecule has 21 heavy (non-hydrogen) atoms. The summed E-state index contributed by atoms with van der Waals surface area (Å²) in [4.78, 5) is 11.9. The van der Waals surface area contributed by atoms with E-state index in [1.807, 2.05) is 12.2 Å². The molecule has 0 saturated carbocycles. The fourth-order valence-electron chi connectivity index (χ4n) is 2.47. The number of allylic oxidation sites excluding steroid dienone is 2. The molecule has 0 aromatic heterocycles. The highest BCUT2D eigenvalue weighted by Crippen LogP contribution is 2.30. The Kier molecular flexibility index (Phi) is 4.70. The first-order valence-electron chi connectivity index (χ1n) is 6.99. The number of hydrogen-bond acceptors (Lipinski definition) is 1. The second-order valence-electron chi connectivity index (χ2n) is 5.38. The van der Waals surface area contributed by atoms with Gasteiger partial charge in [-0.3, -0.25) is 4.79 Å². The van der Waals surface area contributed by atoms with Gasteiger partial charge in [0.15, 0.2) is 0 Å². The molecule has 0 bridgehead atoms. The van der Waals surface area contributed by atoms with E-state index in [1.54, 1.807) is 13.0 Å². The standard InChI is InChI=1S/C16H18F3NO/c1-11(20-15(21)9-12-5-2-3-6-12)13-7-4-8-14(10-13)16(17,18)19/h2,4-5,7-8,10-12H,3,6,9H2,1H3,(H,20,21)/t11-,12+/m0/s1. The molecule has 1 aromatic rings. The maximum Gasteiger partial charge on any atom is 0.416 e. The van der Waals surface area contributed by atoms with E-state index in [0.717, 1.165) is 25.0 Å². The number of carbonyl (C=O) groups excluding carboxylic acids is 1. The monoisotopic (exact) mass is 297 g/mol. The van der Waals surface area contributed by atoms with Crippen LogP contribution in [0, 0.1) is 5.92 Å². The topological polar surface area (TPSA) is 29.1 Å². The molecule has 0 fully saturated rings. The van der Waals surface area contributed by atoms with E-state index in [1.165, 1.54) is 6.07 Å². The zero-order valence-corrected chi connectivity index (χ0v) is 11.8. The molecule has 0 aliphatic heterocycles. The third-order valence-corrected chi connectivity index (χ3v) is 3.65. The lowest BCUT2D eigenvalue weighted by Crippen LogP contribution is -2.28. The van der Waals surface area contributed by atoms with Gasteiger partial charge in [0, 0.05) is 6.42 Å². The molecule has 1 amide bonds. The van der Waals surface area contributed by atoms with E-state index in [4.69, 9.17) is 0 Å². The van der Waals surface area contributed by atoms with Crippen LogP contribution >= 0.6 is 0 Å². The zero-order valence-electron chi connectivity index (χ0n) is 11.8. The second-order valence-corrected chi connectivity index (χ2v) is 5.38. The Morgan fingerprint density at radius 1 is 1.43 bits per heavy atom. The zero-order chi connectivity index (χ0) is 15.5. The van der Waals surface area contributed by atoms with Gasteiger partial charge in [0.05, 0.1) is 11.6 Å². The molecule has 5 heteroatoms. The lowest BCUT2D eigenvalue weighted by molar-refractivity contribution is -0.137. The van der Waals surface area contributed by atoms with Crippen LogP contribution in [0.25, 0.3) is 0 Å². The maximum absolute atomic E-state index is 12.7. The fraction of sp³-hybridized carbons (Fsp3) is 0.438. The Balaban J connectivity index is 1.97. The lowest BCUT2D eigenvalue weighted by atomic mass is 10.0. The molecule has 0 radical (unpaired) electrons. The molecular formula is C16H18F3NO. The van der Waals surface area contributed by atoms with Crippen LogP contribution in [0.5, 0.6) is 0 Å². The van der Waals surface area contributed by atoms with E-state index in [2.05, 4.69) is 5.32 Å². The molecule has 114 valence electrons. The highest BCUT2D eigenvalue weighted by atomic mass is 19.4. The SMILES string of the molecule is C[C@H](NC(=O)C[C@@H]1C=CCC1)c1cccc(C(F)(F)F)c1. The van der Waals surface area contributed by atoms with Crippen LogP contribution in [-0.2, 0) is 11.0 Å². The summed E-state index contributed by atoms with van der Waals surface area (Å²) in [5.41, 5.74) is -0.236. The van der Waals surface area contributed by atoms with Crippen molar-refractivity contribution in [2.24, 2.45) is 5.92 Å². The number of amides is 1. The number of nitrogens with one attached hydrogen (secondary N) is 1. The van der Waals surface area contributed by atoms with Crippen molar-refractivity contribution in [1.29, 1.82) is 0 Å². The smallest absolute Gasteiger partial charge is 0.350 e. The summed E-state index contributed by atoms with van der Waals surface area (Å²) in [5, 5.41) is 2.76. The van der Waals surface area contributed by atoms with E-state index in [9.17, 15) is 18.0 Å². The predicted molar refractivity (Wildman–Crippen MR) is 74.5 cm³/mol. The molecule has 0 heterocycles. The first-order chi connectivity index (χ1) is 9.86. The molecule has 2 nitrogen and oxygen atoms in total. The van der Waals surface area contributed by atoms with Crippen molar-refractivity contribution in [3.8, 4) is 0 Å². The van der Waals surface area contributed by atoms with Crippen molar-refractivity contribution in [2.45, 2.75) is 38.4 Å².